The van der Waals surface area contributed by atoms with E-state index in [0.29, 0.717) is 12.2 Å². The quantitative estimate of drug-likeness (QED) is 0.578. The number of ether oxygens (including phenoxy) is 1. The first-order chi connectivity index (χ1) is 12.6. The van der Waals surface area contributed by atoms with Gasteiger partial charge in [0.15, 0.2) is 0 Å². The molecule has 2 N–H and O–H groups in total. The van der Waals surface area contributed by atoms with Crippen LogP contribution in [0.3, 0.4) is 0 Å². The van der Waals surface area contributed by atoms with E-state index in [9.17, 15) is 4.79 Å². The Morgan fingerprint density at radius 1 is 1.27 bits per heavy atom. The highest BCUT2D eigenvalue weighted by atomic mass is 16.5. The Balaban J connectivity index is 1.52. The molecule has 0 fully saturated rings. The minimum absolute atomic E-state index is 0.0818. The van der Waals surface area contributed by atoms with Gasteiger partial charge in [0.05, 0.1) is 12.6 Å². The number of nitrogens with one attached hydrogen (secondary N) is 1. The van der Waals surface area contributed by atoms with Crippen LogP contribution >= 0.6 is 0 Å². The Labute approximate surface area is 154 Å². The molecule has 1 aliphatic heterocycles. The van der Waals surface area contributed by atoms with E-state index < -0.39 is 5.91 Å². The largest absolute Gasteiger partial charge is 0.492 e. The van der Waals surface area contributed by atoms with Gasteiger partial charge in [-0.05, 0) is 44.1 Å². The molecule has 1 amide bonds. The van der Waals surface area contributed by atoms with Gasteiger partial charge in [-0.3, -0.25) is 10.0 Å². The molecule has 1 aromatic carbocycles. The predicted molar refractivity (Wildman–Crippen MR) is 99.6 cm³/mol. The number of hydrogen-bond acceptors (Lipinski definition) is 5. The smallest absolute Gasteiger partial charge is 0.274 e. The van der Waals surface area contributed by atoms with Gasteiger partial charge in [-0.15, -0.1) is 0 Å². The van der Waals surface area contributed by atoms with Crippen LogP contribution in [0.25, 0.3) is 0 Å². The maximum absolute atomic E-state index is 11.6. The third-order valence-corrected chi connectivity index (χ3v) is 4.53. The molecular weight excluding hydrogens is 330 g/mol. The lowest BCUT2D eigenvalue weighted by Crippen LogP contribution is -2.35. The van der Waals surface area contributed by atoms with E-state index in [-0.39, 0.29) is 12.0 Å². The zero-order valence-corrected chi connectivity index (χ0v) is 15.1. The van der Waals surface area contributed by atoms with E-state index in [0.717, 1.165) is 18.8 Å². The first kappa shape index (κ1) is 18.2. The summed E-state index contributed by atoms with van der Waals surface area (Å²) in [5, 5.41) is 8.80. The minimum Gasteiger partial charge on any atom is -0.492 e. The van der Waals surface area contributed by atoms with Crippen molar-refractivity contribution in [2.24, 2.45) is 5.92 Å². The van der Waals surface area contributed by atoms with Crippen LogP contribution in [0.4, 0.5) is 0 Å². The predicted octanol–water partition coefficient (Wildman–Crippen LogP) is 1.94. The second-order valence-corrected chi connectivity index (χ2v) is 6.80. The number of benzene rings is 1. The molecule has 2 aliphatic rings. The van der Waals surface area contributed by atoms with Gasteiger partial charge in [0.25, 0.3) is 5.91 Å². The number of carbonyl (C=O) groups is 1. The molecule has 0 saturated carbocycles. The lowest BCUT2D eigenvalue weighted by Gasteiger charge is -2.28. The van der Waals surface area contributed by atoms with Crippen LogP contribution in [0.1, 0.15) is 5.56 Å². The molecule has 1 aliphatic carbocycles. The molecule has 1 heterocycles. The Hall–Kier alpha value is -2.57. The number of amides is 1. The van der Waals surface area contributed by atoms with E-state index in [1.807, 2.05) is 44.6 Å². The summed E-state index contributed by atoms with van der Waals surface area (Å²) in [6, 6.07) is 8.23. The third kappa shape index (κ3) is 4.33. The van der Waals surface area contributed by atoms with Gasteiger partial charge in [0.1, 0.15) is 12.4 Å². The Morgan fingerprint density at radius 2 is 2.04 bits per heavy atom. The molecule has 0 saturated heterocycles. The molecule has 2 atom stereocenters. The molecule has 1 aromatic rings. The summed E-state index contributed by atoms with van der Waals surface area (Å²) in [5.74, 6) is 0.614. The van der Waals surface area contributed by atoms with E-state index in [2.05, 4.69) is 28.0 Å². The standard InChI is InChI=1S/C20H25N3O3/c1-22(2)14-15-3-7-18(8-4-15)26-12-11-23-10-9-16-5-6-17(13-19(16)23)20(24)21-25/h3-10,13,16,19,25H,11-12,14H2,1-2H3,(H,21,24). The van der Waals surface area contributed by atoms with Crippen LogP contribution in [-0.4, -0.2) is 54.2 Å². The molecular formula is C20H25N3O3. The monoisotopic (exact) mass is 355 g/mol. The fraction of sp³-hybridized carbons (Fsp3) is 0.350. The highest BCUT2D eigenvalue weighted by Crippen LogP contribution is 2.28. The van der Waals surface area contributed by atoms with Crippen LogP contribution in [0, 0.1) is 5.92 Å². The molecule has 3 rings (SSSR count). The number of nitrogens with zero attached hydrogens (tertiary/aromatic N) is 2. The summed E-state index contributed by atoms with van der Waals surface area (Å²) in [7, 11) is 4.09. The van der Waals surface area contributed by atoms with Crippen molar-refractivity contribution < 1.29 is 14.7 Å². The van der Waals surface area contributed by atoms with Gasteiger partial charge in [0.2, 0.25) is 0 Å². The molecule has 0 spiro atoms. The number of fused-ring (bicyclic) bond motifs is 1. The second-order valence-electron chi connectivity index (χ2n) is 6.80. The highest BCUT2D eigenvalue weighted by Gasteiger charge is 2.29. The number of carbonyl (C=O) groups excluding carboxylic acids is 1. The number of hydrogen-bond donors (Lipinski definition) is 2. The van der Waals surface area contributed by atoms with Crippen LogP contribution in [0.5, 0.6) is 5.75 Å². The van der Waals surface area contributed by atoms with Crippen molar-refractivity contribution in [3.05, 3.63) is 65.9 Å². The van der Waals surface area contributed by atoms with E-state index in [1.54, 1.807) is 11.6 Å². The van der Waals surface area contributed by atoms with E-state index in [1.165, 1.54) is 5.56 Å². The van der Waals surface area contributed by atoms with Gasteiger partial charge >= 0.3 is 0 Å². The fourth-order valence-corrected chi connectivity index (χ4v) is 3.25. The fourth-order valence-electron chi connectivity index (χ4n) is 3.25. The second kappa shape index (κ2) is 8.21. The van der Waals surface area contributed by atoms with Gasteiger partial charge in [-0.1, -0.05) is 30.4 Å². The molecule has 26 heavy (non-hydrogen) atoms. The molecule has 0 aromatic heterocycles. The Bertz CT molecular complexity index is 722. The minimum atomic E-state index is -0.486. The summed E-state index contributed by atoms with van der Waals surface area (Å²) in [6.07, 6.45) is 9.76. The lowest BCUT2D eigenvalue weighted by atomic mass is 9.93. The van der Waals surface area contributed by atoms with Crippen molar-refractivity contribution in [1.29, 1.82) is 0 Å². The van der Waals surface area contributed by atoms with Gasteiger partial charge in [-0.25, -0.2) is 5.48 Å². The van der Waals surface area contributed by atoms with Crippen molar-refractivity contribution in [2.45, 2.75) is 12.6 Å². The summed E-state index contributed by atoms with van der Waals surface area (Å²) in [4.78, 5) is 15.9. The summed E-state index contributed by atoms with van der Waals surface area (Å²) in [6.45, 7) is 2.18. The van der Waals surface area contributed by atoms with Crippen molar-refractivity contribution in [1.82, 2.24) is 15.3 Å². The van der Waals surface area contributed by atoms with Crippen molar-refractivity contribution in [3.8, 4) is 5.75 Å². The Morgan fingerprint density at radius 3 is 2.73 bits per heavy atom. The topological polar surface area (TPSA) is 65.0 Å². The van der Waals surface area contributed by atoms with Crippen molar-refractivity contribution in [2.75, 3.05) is 27.2 Å². The molecule has 6 nitrogen and oxygen atoms in total. The maximum Gasteiger partial charge on any atom is 0.274 e. The summed E-state index contributed by atoms with van der Waals surface area (Å²) in [5.41, 5.74) is 3.41. The first-order valence-electron chi connectivity index (χ1n) is 8.72. The van der Waals surface area contributed by atoms with Crippen LogP contribution < -0.4 is 10.2 Å². The number of hydroxylamine groups is 1. The molecule has 138 valence electrons. The molecule has 2 unspecified atom stereocenters. The normalized spacial score (nSPS) is 20.9. The molecule has 0 radical (unpaired) electrons. The third-order valence-electron chi connectivity index (χ3n) is 4.53. The zero-order chi connectivity index (χ0) is 18.5. The van der Waals surface area contributed by atoms with Gasteiger partial charge < -0.3 is 14.5 Å². The van der Waals surface area contributed by atoms with Gasteiger partial charge in [0, 0.05) is 18.0 Å². The van der Waals surface area contributed by atoms with Crippen molar-refractivity contribution in [3.63, 3.8) is 0 Å². The first-order valence-corrected chi connectivity index (χ1v) is 8.72. The SMILES string of the molecule is CN(C)Cc1ccc(OCCN2C=CC3C=CC(C(=O)NO)=CC32)cc1. The van der Waals surface area contributed by atoms with Gasteiger partial charge in [-0.2, -0.15) is 0 Å². The molecule has 0 bridgehead atoms. The maximum atomic E-state index is 11.6. The van der Waals surface area contributed by atoms with E-state index >= 15 is 0 Å². The summed E-state index contributed by atoms with van der Waals surface area (Å²) < 4.78 is 5.86. The average Bonchev–Trinajstić information content (AvgIpc) is 3.04. The summed E-state index contributed by atoms with van der Waals surface area (Å²) >= 11 is 0. The zero-order valence-electron chi connectivity index (χ0n) is 15.1. The Kier molecular flexibility index (Phi) is 5.75. The van der Waals surface area contributed by atoms with Crippen LogP contribution in [0.15, 0.2) is 60.3 Å². The van der Waals surface area contributed by atoms with Crippen molar-refractivity contribution >= 4 is 5.91 Å². The number of rotatable bonds is 7. The van der Waals surface area contributed by atoms with Crippen LogP contribution in [0.2, 0.25) is 0 Å². The average molecular weight is 355 g/mol. The highest BCUT2D eigenvalue weighted by molar-refractivity contribution is 5.95. The van der Waals surface area contributed by atoms with Crippen LogP contribution in [-0.2, 0) is 11.3 Å². The molecule has 6 heteroatoms. The lowest BCUT2D eigenvalue weighted by molar-refractivity contribution is -0.125. The van der Waals surface area contributed by atoms with E-state index in [4.69, 9.17) is 9.94 Å².